The third-order valence-electron chi connectivity index (χ3n) is 3.58. The summed E-state index contributed by atoms with van der Waals surface area (Å²) in [6, 6.07) is 0.876. The van der Waals surface area contributed by atoms with Crippen LogP contribution in [-0.4, -0.2) is 48.6 Å². The highest BCUT2D eigenvalue weighted by atomic mass is 15.2. The highest BCUT2D eigenvalue weighted by molar-refractivity contribution is 4.78. The second-order valence-electron chi connectivity index (χ2n) is 4.24. The van der Waals surface area contributed by atoms with E-state index < -0.39 is 0 Å². The molecule has 0 amide bonds. The van der Waals surface area contributed by atoms with Crippen LogP contribution in [0.2, 0.25) is 0 Å². The summed E-state index contributed by atoms with van der Waals surface area (Å²) in [4.78, 5) is 5.18. The highest BCUT2D eigenvalue weighted by Crippen LogP contribution is 2.19. The number of likely N-dealkylation sites (tertiary alicyclic amines) is 1. The van der Waals surface area contributed by atoms with Gasteiger partial charge in [0, 0.05) is 6.04 Å². The monoisotopic (exact) mass is 198 g/mol. The first kappa shape index (κ1) is 12.0. The Morgan fingerprint density at radius 2 is 1.93 bits per heavy atom. The van der Waals surface area contributed by atoms with Crippen molar-refractivity contribution in [2.45, 2.75) is 46.1 Å². The van der Waals surface area contributed by atoms with Crippen LogP contribution < -0.4 is 0 Å². The fourth-order valence-corrected chi connectivity index (χ4v) is 2.51. The quantitative estimate of drug-likeness (QED) is 0.645. The van der Waals surface area contributed by atoms with Crippen LogP contribution in [0.1, 0.15) is 40.0 Å². The van der Waals surface area contributed by atoms with Crippen LogP contribution >= 0.6 is 0 Å². The maximum atomic E-state index is 2.64. The predicted octanol–water partition coefficient (Wildman–Crippen LogP) is 2.20. The Hall–Kier alpha value is -0.0800. The molecular formula is C12H26N2. The third kappa shape index (κ3) is 3.25. The molecule has 0 N–H and O–H groups in total. The fourth-order valence-electron chi connectivity index (χ4n) is 2.51. The molecular weight excluding hydrogens is 172 g/mol. The molecule has 0 saturated carbocycles. The summed E-state index contributed by atoms with van der Waals surface area (Å²) in [6.45, 7) is 13.1. The molecule has 0 aromatic carbocycles. The second kappa shape index (κ2) is 6.41. The molecule has 14 heavy (non-hydrogen) atoms. The van der Waals surface area contributed by atoms with Crippen LogP contribution in [0.5, 0.6) is 0 Å². The first-order valence-corrected chi connectivity index (χ1v) is 6.28. The van der Waals surface area contributed by atoms with Gasteiger partial charge < -0.3 is 9.80 Å². The Morgan fingerprint density at radius 3 is 2.50 bits per heavy atom. The molecule has 1 rings (SSSR count). The Morgan fingerprint density at radius 1 is 1.21 bits per heavy atom. The molecule has 1 aliphatic heterocycles. The Kier molecular flexibility index (Phi) is 5.49. The van der Waals surface area contributed by atoms with Crippen LogP contribution in [0.3, 0.4) is 0 Å². The van der Waals surface area contributed by atoms with Gasteiger partial charge in [-0.1, -0.05) is 20.8 Å². The van der Waals surface area contributed by atoms with Gasteiger partial charge >= 0.3 is 0 Å². The van der Waals surface area contributed by atoms with Gasteiger partial charge in [0.2, 0.25) is 0 Å². The van der Waals surface area contributed by atoms with E-state index in [0.29, 0.717) is 0 Å². The molecule has 1 unspecified atom stereocenters. The SMILES string of the molecule is CCN(CC)CCC1CCCN1CC. The molecule has 1 saturated heterocycles. The highest BCUT2D eigenvalue weighted by Gasteiger charge is 2.22. The molecule has 0 aliphatic carbocycles. The zero-order valence-electron chi connectivity index (χ0n) is 10.1. The number of rotatable bonds is 6. The van der Waals surface area contributed by atoms with Crippen molar-refractivity contribution in [2.24, 2.45) is 0 Å². The van der Waals surface area contributed by atoms with E-state index in [2.05, 4.69) is 30.6 Å². The van der Waals surface area contributed by atoms with Gasteiger partial charge in [-0.2, -0.15) is 0 Å². The summed E-state index contributed by atoms with van der Waals surface area (Å²) in [5, 5.41) is 0. The van der Waals surface area contributed by atoms with Crippen LogP contribution in [-0.2, 0) is 0 Å². The molecule has 0 aromatic heterocycles. The summed E-state index contributed by atoms with van der Waals surface area (Å²) in [5.74, 6) is 0. The second-order valence-corrected chi connectivity index (χ2v) is 4.24. The van der Waals surface area contributed by atoms with E-state index in [1.807, 2.05) is 0 Å². The molecule has 0 radical (unpaired) electrons. The molecule has 1 fully saturated rings. The van der Waals surface area contributed by atoms with Gasteiger partial charge in [0.15, 0.2) is 0 Å². The molecule has 0 bridgehead atoms. The average Bonchev–Trinajstić information content (AvgIpc) is 2.67. The van der Waals surface area contributed by atoms with Crippen molar-refractivity contribution in [1.82, 2.24) is 9.80 Å². The van der Waals surface area contributed by atoms with E-state index in [1.165, 1.54) is 52.0 Å². The first-order chi connectivity index (χ1) is 6.81. The number of nitrogens with zero attached hydrogens (tertiary/aromatic N) is 2. The van der Waals surface area contributed by atoms with E-state index in [-0.39, 0.29) is 0 Å². The zero-order chi connectivity index (χ0) is 10.4. The minimum absolute atomic E-state index is 0.876. The van der Waals surface area contributed by atoms with Crippen molar-refractivity contribution in [2.75, 3.05) is 32.7 Å². The summed E-state index contributed by atoms with van der Waals surface area (Å²) >= 11 is 0. The first-order valence-electron chi connectivity index (χ1n) is 6.28. The smallest absolute Gasteiger partial charge is 0.0108 e. The molecule has 1 atom stereocenters. The minimum Gasteiger partial charge on any atom is -0.304 e. The standard InChI is InChI=1S/C12H26N2/c1-4-13(5-2)11-9-12-8-7-10-14(12)6-3/h12H,4-11H2,1-3H3. The number of hydrogen-bond acceptors (Lipinski definition) is 2. The minimum atomic E-state index is 0.876. The van der Waals surface area contributed by atoms with Gasteiger partial charge in [0.05, 0.1) is 0 Å². The molecule has 1 heterocycles. The molecule has 0 aromatic rings. The fraction of sp³-hybridized carbons (Fsp3) is 1.00. The normalized spacial score (nSPS) is 23.6. The van der Waals surface area contributed by atoms with Crippen molar-refractivity contribution >= 4 is 0 Å². The summed E-state index contributed by atoms with van der Waals surface area (Å²) in [6.07, 6.45) is 4.21. The zero-order valence-corrected chi connectivity index (χ0v) is 10.1. The number of hydrogen-bond donors (Lipinski definition) is 0. The van der Waals surface area contributed by atoms with Crippen molar-refractivity contribution in [3.05, 3.63) is 0 Å². The lowest BCUT2D eigenvalue weighted by Crippen LogP contribution is -2.33. The maximum absolute atomic E-state index is 2.64. The van der Waals surface area contributed by atoms with Crippen molar-refractivity contribution in [3.63, 3.8) is 0 Å². The average molecular weight is 198 g/mol. The van der Waals surface area contributed by atoms with E-state index in [0.717, 1.165) is 6.04 Å². The lowest BCUT2D eigenvalue weighted by molar-refractivity contribution is 0.216. The van der Waals surface area contributed by atoms with E-state index >= 15 is 0 Å². The largest absolute Gasteiger partial charge is 0.304 e. The van der Waals surface area contributed by atoms with Crippen molar-refractivity contribution < 1.29 is 0 Å². The Bertz CT molecular complexity index is 143. The van der Waals surface area contributed by atoms with Gasteiger partial charge in [-0.25, -0.2) is 0 Å². The molecule has 2 nitrogen and oxygen atoms in total. The van der Waals surface area contributed by atoms with Gasteiger partial charge in [-0.05, 0) is 52.0 Å². The lowest BCUT2D eigenvalue weighted by Gasteiger charge is -2.26. The van der Waals surface area contributed by atoms with Gasteiger partial charge in [-0.3, -0.25) is 0 Å². The van der Waals surface area contributed by atoms with Crippen molar-refractivity contribution in [3.8, 4) is 0 Å². The van der Waals surface area contributed by atoms with E-state index in [9.17, 15) is 0 Å². The van der Waals surface area contributed by atoms with Gasteiger partial charge in [0.25, 0.3) is 0 Å². The van der Waals surface area contributed by atoms with Gasteiger partial charge in [0.1, 0.15) is 0 Å². The lowest BCUT2D eigenvalue weighted by atomic mass is 10.1. The van der Waals surface area contributed by atoms with E-state index in [1.54, 1.807) is 0 Å². The maximum Gasteiger partial charge on any atom is 0.0108 e. The molecule has 0 spiro atoms. The summed E-state index contributed by atoms with van der Waals surface area (Å²) < 4.78 is 0. The third-order valence-corrected chi connectivity index (χ3v) is 3.58. The Balaban J connectivity index is 2.22. The summed E-state index contributed by atoms with van der Waals surface area (Å²) in [5.41, 5.74) is 0. The van der Waals surface area contributed by atoms with Crippen LogP contribution in [0.4, 0.5) is 0 Å². The van der Waals surface area contributed by atoms with Gasteiger partial charge in [-0.15, -0.1) is 0 Å². The summed E-state index contributed by atoms with van der Waals surface area (Å²) in [7, 11) is 0. The van der Waals surface area contributed by atoms with Crippen LogP contribution in [0.15, 0.2) is 0 Å². The Labute approximate surface area is 89.3 Å². The van der Waals surface area contributed by atoms with E-state index in [4.69, 9.17) is 0 Å². The van der Waals surface area contributed by atoms with Crippen LogP contribution in [0.25, 0.3) is 0 Å². The molecule has 84 valence electrons. The topological polar surface area (TPSA) is 6.48 Å². The predicted molar refractivity (Wildman–Crippen MR) is 62.7 cm³/mol. The molecule has 2 heteroatoms. The van der Waals surface area contributed by atoms with Crippen LogP contribution in [0, 0.1) is 0 Å². The molecule has 1 aliphatic rings. The van der Waals surface area contributed by atoms with Crippen molar-refractivity contribution in [1.29, 1.82) is 0 Å².